The van der Waals surface area contributed by atoms with E-state index in [9.17, 15) is 4.79 Å². The normalized spacial score (nSPS) is 16.9. The standard InChI is InChI=1S/C20H13Cl2N3O2S2/c1-2-6-25-18(26)17(29-20(25)24-19-23-5-7-28-19)11-15-3-4-16(27-15)12-8-13(21)10-14(22)9-12/h2-5,7-11H,1,6H2/b17-11-,24-20+. The van der Waals surface area contributed by atoms with E-state index in [4.69, 9.17) is 27.6 Å². The van der Waals surface area contributed by atoms with Gasteiger partial charge in [-0.1, -0.05) is 29.3 Å². The molecular weight excluding hydrogens is 449 g/mol. The largest absolute Gasteiger partial charge is 0.457 e. The van der Waals surface area contributed by atoms with Crippen LogP contribution < -0.4 is 0 Å². The van der Waals surface area contributed by atoms with E-state index in [1.807, 2.05) is 11.4 Å². The van der Waals surface area contributed by atoms with Gasteiger partial charge in [-0.25, -0.2) is 4.98 Å². The molecule has 1 aliphatic heterocycles. The number of thiazole rings is 1. The van der Waals surface area contributed by atoms with Crippen LogP contribution in [0.15, 0.2) is 68.9 Å². The van der Waals surface area contributed by atoms with Crippen LogP contribution in [0.25, 0.3) is 17.4 Å². The summed E-state index contributed by atoms with van der Waals surface area (Å²) in [7, 11) is 0. The molecule has 1 saturated heterocycles. The van der Waals surface area contributed by atoms with Crippen LogP contribution in [-0.2, 0) is 4.79 Å². The summed E-state index contributed by atoms with van der Waals surface area (Å²) < 4.78 is 5.88. The lowest BCUT2D eigenvalue weighted by Gasteiger charge is -2.11. The molecule has 4 rings (SSSR count). The van der Waals surface area contributed by atoms with Crippen LogP contribution in [-0.4, -0.2) is 27.5 Å². The molecule has 0 unspecified atom stereocenters. The van der Waals surface area contributed by atoms with E-state index in [2.05, 4.69) is 16.6 Å². The fraction of sp³-hybridized carbons (Fsp3) is 0.0500. The zero-order valence-corrected chi connectivity index (χ0v) is 18.0. The van der Waals surface area contributed by atoms with Crippen molar-refractivity contribution in [3.8, 4) is 11.3 Å². The minimum Gasteiger partial charge on any atom is -0.457 e. The molecule has 0 aliphatic carbocycles. The smallest absolute Gasteiger partial charge is 0.267 e. The summed E-state index contributed by atoms with van der Waals surface area (Å²) in [6.07, 6.45) is 5.03. The van der Waals surface area contributed by atoms with Crippen molar-refractivity contribution in [2.24, 2.45) is 4.99 Å². The van der Waals surface area contributed by atoms with E-state index in [0.29, 0.717) is 43.3 Å². The molecule has 1 aliphatic rings. The van der Waals surface area contributed by atoms with E-state index in [-0.39, 0.29) is 5.91 Å². The number of benzene rings is 1. The van der Waals surface area contributed by atoms with Crippen molar-refractivity contribution in [3.63, 3.8) is 0 Å². The Morgan fingerprint density at radius 2 is 2.03 bits per heavy atom. The first-order valence-corrected chi connectivity index (χ1v) is 10.9. The molecule has 3 aromatic rings. The number of thioether (sulfide) groups is 1. The van der Waals surface area contributed by atoms with E-state index in [1.165, 1.54) is 23.1 Å². The van der Waals surface area contributed by atoms with Crippen LogP contribution in [0.4, 0.5) is 5.13 Å². The molecule has 1 fully saturated rings. The van der Waals surface area contributed by atoms with Gasteiger partial charge in [0, 0.05) is 39.8 Å². The molecule has 1 amide bonds. The lowest BCUT2D eigenvalue weighted by Crippen LogP contribution is -2.29. The van der Waals surface area contributed by atoms with Crippen molar-refractivity contribution < 1.29 is 9.21 Å². The molecule has 9 heteroatoms. The topological polar surface area (TPSA) is 58.7 Å². The zero-order valence-electron chi connectivity index (χ0n) is 14.8. The number of amides is 1. The van der Waals surface area contributed by atoms with Gasteiger partial charge in [0.15, 0.2) is 5.17 Å². The Labute approximate surface area is 185 Å². The maximum Gasteiger partial charge on any atom is 0.267 e. The van der Waals surface area contributed by atoms with Crippen LogP contribution in [0, 0.1) is 0 Å². The first kappa shape index (κ1) is 20.0. The molecule has 0 saturated carbocycles. The van der Waals surface area contributed by atoms with Gasteiger partial charge in [-0.15, -0.1) is 17.9 Å². The highest BCUT2D eigenvalue weighted by molar-refractivity contribution is 8.18. The SMILES string of the molecule is C=CCN1C(=O)/C(=C/c2ccc(-c3cc(Cl)cc(Cl)c3)o2)S/C1=N/c1nccs1. The quantitative estimate of drug-likeness (QED) is 0.321. The van der Waals surface area contributed by atoms with Gasteiger partial charge < -0.3 is 4.42 Å². The third-order valence-electron chi connectivity index (χ3n) is 3.86. The summed E-state index contributed by atoms with van der Waals surface area (Å²) >= 11 is 14.8. The second-order valence-electron chi connectivity index (χ2n) is 5.88. The summed E-state index contributed by atoms with van der Waals surface area (Å²) in [6.45, 7) is 4.08. The summed E-state index contributed by atoms with van der Waals surface area (Å²) in [4.78, 5) is 23.5. The summed E-state index contributed by atoms with van der Waals surface area (Å²) in [6, 6.07) is 8.79. The minimum atomic E-state index is -0.158. The summed E-state index contributed by atoms with van der Waals surface area (Å²) in [5.41, 5.74) is 0.761. The van der Waals surface area contributed by atoms with Crippen LogP contribution >= 0.6 is 46.3 Å². The van der Waals surface area contributed by atoms with E-state index < -0.39 is 0 Å². The molecular formula is C20H13Cl2N3O2S2. The molecule has 0 radical (unpaired) electrons. The monoisotopic (exact) mass is 461 g/mol. The van der Waals surface area contributed by atoms with Crippen molar-refractivity contribution in [3.05, 3.63) is 75.3 Å². The molecule has 0 spiro atoms. The van der Waals surface area contributed by atoms with Gasteiger partial charge in [0.05, 0.1) is 4.91 Å². The van der Waals surface area contributed by atoms with Crippen LogP contribution in [0.2, 0.25) is 10.0 Å². The number of hydrogen-bond donors (Lipinski definition) is 0. The fourth-order valence-corrected chi connectivity index (χ4v) is 4.70. The first-order valence-electron chi connectivity index (χ1n) is 8.40. The van der Waals surface area contributed by atoms with Gasteiger partial charge >= 0.3 is 0 Å². The molecule has 146 valence electrons. The number of furan rings is 1. The van der Waals surface area contributed by atoms with Crippen molar-refractivity contribution >= 4 is 68.6 Å². The minimum absolute atomic E-state index is 0.158. The van der Waals surface area contributed by atoms with Gasteiger partial charge in [-0.2, -0.15) is 4.99 Å². The number of rotatable bonds is 5. The van der Waals surface area contributed by atoms with Gasteiger partial charge in [0.25, 0.3) is 5.91 Å². The molecule has 5 nitrogen and oxygen atoms in total. The Bertz CT molecular complexity index is 1120. The lowest BCUT2D eigenvalue weighted by molar-refractivity contribution is -0.121. The first-order chi connectivity index (χ1) is 14.0. The lowest BCUT2D eigenvalue weighted by atomic mass is 10.2. The highest BCUT2D eigenvalue weighted by Crippen LogP contribution is 2.35. The number of hydrogen-bond acceptors (Lipinski definition) is 6. The molecule has 0 bridgehead atoms. The van der Waals surface area contributed by atoms with E-state index >= 15 is 0 Å². The number of aromatic nitrogens is 1. The Hall–Kier alpha value is -2.32. The zero-order chi connectivity index (χ0) is 20.4. The van der Waals surface area contributed by atoms with Crippen LogP contribution in [0.1, 0.15) is 5.76 Å². The number of carbonyl (C=O) groups excluding carboxylic acids is 1. The van der Waals surface area contributed by atoms with Gasteiger partial charge in [-0.3, -0.25) is 9.69 Å². The average molecular weight is 462 g/mol. The van der Waals surface area contributed by atoms with Gasteiger partial charge in [0.1, 0.15) is 11.5 Å². The molecule has 0 N–H and O–H groups in total. The second-order valence-corrected chi connectivity index (χ2v) is 8.64. The highest BCUT2D eigenvalue weighted by atomic mass is 35.5. The average Bonchev–Trinajstić information content (AvgIpc) is 3.40. The Balaban J connectivity index is 1.63. The molecule has 1 aromatic carbocycles. The van der Waals surface area contributed by atoms with Gasteiger partial charge in [0.2, 0.25) is 5.13 Å². The second kappa shape index (κ2) is 8.59. The van der Waals surface area contributed by atoms with Crippen molar-refractivity contribution in [2.45, 2.75) is 0 Å². The van der Waals surface area contributed by atoms with Crippen LogP contribution in [0.5, 0.6) is 0 Å². The van der Waals surface area contributed by atoms with Crippen molar-refractivity contribution in [1.82, 2.24) is 9.88 Å². The molecule has 0 atom stereocenters. The molecule has 2 aromatic heterocycles. The van der Waals surface area contributed by atoms with E-state index in [0.717, 1.165) is 5.56 Å². The van der Waals surface area contributed by atoms with E-state index in [1.54, 1.807) is 47.5 Å². The third kappa shape index (κ3) is 4.48. The van der Waals surface area contributed by atoms with Crippen molar-refractivity contribution in [2.75, 3.05) is 6.54 Å². The van der Waals surface area contributed by atoms with Crippen molar-refractivity contribution in [1.29, 1.82) is 0 Å². The third-order valence-corrected chi connectivity index (χ3v) is 5.97. The predicted octanol–water partition coefficient (Wildman–Crippen LogP) is 6.50. The Kier molecular flexibility index (Phi) is 5.91. The number of nitrogens with zero attached hydrogens (tertiary/aromatic N) is 3. The fourth-order valence-electron chi connectivity index (χ4n) is 2.65. The highest BCUT2D eigenvalue weighted by Gasteiger charge is 2.33. The Morgan fingerprint density at radius 1 is 1.24 bits per heavy atom. The summed E-state index contributed by atoms with van der Waals surface area (Å²) in [5.74, 6) is 0.992. The molecule has 29 heavy (non-hydrogen) atoms. The summed E-state index contributed by atoms with van der Waals surface area (Å²) in [5, 5.41) is 4.03. The number of halogens is 2. The Morgan fingerprint density at radius 3 is 2.72 bits per heavy atom. The molecule has 3 heterocycles. The van der Waals surface area contributed by atoms with Crippen LogP contribution in [0.3, 0.4) is 0 Å². The maximum atomic E-state index is 12.8. The number of amidine groups is 1. The predicted molar refractivity (Wildman–Crippen MR) is 121 cm³/mol. The number of aliphatic imine (C=N–C) groups is 1. The number of carbonyl (C=O) groups is 1. The maximum absolute atomic E-state index is 12.8. The van der Waals surface area contributed by atoms with Gasteiger partial charge in [-0.05, 0) is 42.1 Å².